The lowest BCUT2D eigenvalue weighted by Gasteiger charge is -2.00. The summed E-state index contributed by atoms with van der Waals surface area (Å²) in [4.78, 5) is 16.0. The van der Waals surface area contributed by atoms with Crippen LogP contribution < -0.4 is 11.1 Å². The van der Waals surface area contributed by atoms with Crippen LogP contribution in [-0.2, 0) is 6.54 Å². The maximum atomic E-state index is 11.8. The van der Waals surface area contributed by atoms with E-state index >= 15 is 0 Å². The van der Waals surface area contributed by atoms with Crippen LogP contribution in [0, 0.1) is 6.92 Å². The molecule has 0 aliphatic carbocycles. The molecule has 18 heavy (non-hydrogen) atoms. The molecule has 0 saturated heterocycles. The summed E-state index contributed by atoms with van der Waals surface area (Å²) in [5.41, 5.74) is 6.85. The monoisotopic (exact) mass is 266 g/mol. The molecular formula is C11H14N4O2S. The second-order valence-corrected chi connectivity index (χ2v) is 4.87. The Morgan fingerprint density at radius 2 is 2.44 bits per heavy atom. The van der Waals surface area contributed by atoms with Crippen molar-refractivity contribution in [1.29, 1.82) is 0 Å². The van der Waals surface area contributed by atoms with Crippen molar-refractivity contribution in [1.82, 2.24) is 15.5 Å². The molecule has 2 aromatic heterocycles. The highest BCUT2D eigenvalue weighted by molar-refractivity contribution is 7.09. The van der Waals surface area contributed by atoms with Crippen molar-refractivity contribution in [2.24, 2.45) is 5.73 Å². The lowest BCUT2D eigenvalue weighted by molar-refractivity contribution is 0.0942. The molecule has 1 amide bonds. The van der Waals surface area contributed by atoms with Crippen LogP contribution in [0.5, 0.6) is 0 Å². The van der Waals surface area contributed by atoms with Crippen molar-refractivity contribution in [3.8, 4) is 0 Å². The number of thiazole rings is 1. The van der Waals surface area contributed by atoms with E-state index in [1.807, 2.05) is 13.8 Å². The van der Waals surface area contributed by atoms with Gasteiger partial charge in [0.05, 0.1) is 18.3 Å². The number of hydrogen-bond donors (Lipinski definition) is 2. The topological polar surface area (TPSA) is 94.0 Å². The van der Waals surface area contributed by atoms with Gasteiger partial charge in [-0.05, 0) is 13.8 Å². The van der Waals surface area contributed by atoms with Gasteiger partial charge >= 0.3 is 0 Å². The van der Waals surface area contributed by atoms with E-state index in [-0.39, 0.29) is 11.9 Å². The number of rotatable bonds is 4. The number of carbonyl (C=O) groups excluding carboxylic acids is 1. The third kappa shape index (κ3) is 2.93. The fraction of sp³-hybridized carbons (Fsp3) is 0.364. The van der Waals surface area contributed by atoms with Crippen molar-refractivity contribution in [3.63, 3.8) is 0 Å². The van der Waals surface area contributed by atoms with Gasteiger partial charge in [-0.3, -0.25) is 4.79 Å². The van der Waals surface area contributed by atoms with E-state index in [4.69, 9.17) is 10.3 Å². The van der Waals surface area contributed by atoms with E-state index in [0.717, 1.165) is 10.7 Å². The maximum Gasteiger partial charge on any atom is 0.271 e. The highest BCUT2D eigenvalue weighted by atomic mass is 32.1. The molecule has 2 aromatic rings. The molecule has 0 saturated carbocycles. The van der Waals surface area contributed by atoms with Crippen LogP contribution in [0.2, 0.25) is 0 Å². The predicted molar refractivity (Wildman–Crippen MR) is 67.1 cm³/mol. The summed E-state index contributed by atoms with van der Waals surface area (Å²) in [5.74, 6) is 0.371. The average molecular weight is 266 g/mol. The summed E-state index contributed by atoms with van der Waals surface area (Å²) >= 11 is 1.38. The Morgan fingerprint density at radius 3 is 3.00 bits per heavy atom. The zero-order chi connectivity index (χ0) is 13.1. The summed E-state index contributed by atoms with van der Waals surface area (Å²) in [7, 11) is 0. The van der Waals surface area contributed by atoms with Crippen LogP contribution in [0.15, 0.2) is 16.0 Å². The smallest absolute Gasteiger partial charge is 0.271 e. The highest BCUT2D eigenvalue weighted by Crippen LogP contribution is 2.15. The molecule has 0 aromatic carbocycles. The summed E-state index contributed by atoms with van der Waals surface area (Å²) < 4.78 is 4.99. The number of hydrogen-bond acceptors (Lipinski definition) is 6. The van der Waals surface area contributed by atoms with Gasteiger partial charge in [0.1, 0.15) is 10.7 Å². The number of nitrogens with zero attached hydrogens (tertiary/aromatic N) is 2. The summed E-state index contributed by atoms with van der Waals surface area (Å²) in [5, 5.41) is 8.89. The molecule has 0 aliphatic rings. The van der Waals surface area contributed by atoms with Gasteiger partial charge in [-0.1, -0.05) is 5.16 Å². The minimum Gasteiger partial charge on any atom is -0.359 e. The maximum absolute atomic E-state index is 11.8. The third-order valence-electron chi connectivity index (χ3n) is 2.24. The average Bonchev–Trinajstić information content (AvgIpc) is 2.94. The Bertz CT molecular complexity index is 547. The van der Waals surface area contributed by atoms with E-state index in [2.05, 4.69) is 15.5 Å². The van der Waals surface area contributed by atoms with Gasteiger partial charge in [-0.2, -0.15) is 0 Å². The van der Waals surface area contributed by atoms with Crippen molar-refractivity contribution in [3.05, 3.63) is 33.6 Å². The van der Waals surface area contributed by atoms with Crippen molar-refractivity contribution < 1.29 is 9.32 Å². The molecule has 1 atom stereocenters. The molecule has 0 bridgehead atoms. The standard InChI is InChI=1S/C11H14N4O2S/c1-6-3-8(17-15-6)4-13-10(16)9-5-18-11(14-9)7(2)12/h3,5,7H,4,12H2,1-2H3,(H,13,16). The van der Waals surface area contributed by atoms with Gasteiger partial charge in [0, 0.05) is 11.4 Å². The molecular weight excluding hydrogens is 252 g/mol. The van der Waals surface area contributed by atoms with Crippen LogP contribution in [0.25, 0.3) is 0 Å². The van der Waals surface area contributed by atoms with Gasteiger partial charge in [0.15, 0.2) is 5.76 Å². The molecule has 2 heterocycles. The normalized spacial score (nSPS) is 12.4. The molecule has 3 N–H and O–H groups in total. The fourth-order valence-corrected chi connectivity index (χ4v) is 2.12. The minimum atomic E-state index is -0.243. The van der Waals surface area contributed by atoms with Gasteiger partial charge < -0.3 is 15.6 Å². The summed E-state index contributed by atoms with van der Waals surface area (Å²) in [6.07, 6.45) is 0. The lowest BCUT2D eigenvalue weighted by Crippen LogP contribution is -2.23. The Balaban J connectivity index is 1.95. The predicted octanol–water partition coefficient (Wildman–Crippen LogP) is 1.39. The van der Waals surface area contributed by atoms with E-state index in [1.165, 1.54) is 11.3 Å². The SMILES string of the molecule is Cc1cc(CNC(=O)c2csc(C(C)N)n2)on1. The second-order valence-electron chi connectivity index (χ2n) is 3.98. The van der Waals surface area contributed by atoms with E-state index < -0.39 is 0 Å². The molecule has 0 radical (unpaired) electrons. The Morgan fingerprint density at radius 1 is 1.67 bits per heavy atom. The Kier molecular flexibility index (Phi) is 3.73. The Labute approximate surface area is 108 Å². The van der Waals surface area contributed by atoms with Crippen LogP contribution >= 0.6 is 11.3 Å². The van der Waals surface area contributed by atoms with Crippen molar-refractivity contribution in [2.75, 3.05) is 0 Å². The van der Waals surface area contributed by atoms with Gasteiger partial charge in [-0.25, -0.2) is 4.98 Å². The van der Waals surface area contributed by atoms with Crippen molar-refractivity contribution in [2.45, 2.75) is 26.4 Å². The van der Waals surface area contributed by atoms with Crippen LogP contribution in [0.4, 0.5) is 0 Å². The number of amides is 1. The summed E-state index contributed by atoms with van der Waals surface area (Å²) in [6.45, 7) is 3.95. The molecule has 2 rings (SSSR count). The molecule has 0 aliphatic heterocycles. The first-order valence-electron chi connectivity index (χ1n) is 5.47. The first kappa shape index (κ1) is 12.7. The van der Waals surface area contributed by atoms with Gasteiger partial charge in [0.25, 0.3) is 5.91 Å². The molecule has 1 unspecified atom stereocenters. The molecule has 96 valence electrons. The Hall–Kier alpha value is -1.73. The van der Waals surface area contributed by atoms with Crippen LogP contribution in [0.3, 0.4) is 0 Å². The zero-order valence-corrected chi connectivity index (χ0v) is 11.0. The molecule has 0 spiro atoms. The first-order valence-corrected chi connectivity index (χ1v) is 6.35. The number of aromatic nitrogens is 2. The second kappa shape index (κ2) is 5.28. The molecule has 7 heteroatoms. The number of nitrogens with one attached hydrogen (secondary N) is 1. The van der Waals surface area contributed by atoms with Gasteiger partial charge in [0.2, 0.25) is 0 Å². The number of nitrogens with two attached hydrogens (primary N) is 1. The molecule has 0 fully saturated rings. The third-order valence-corrected chi connectivity index (χ3v) is 3.29. The quantitative estimate of drug-likeness (QED) is 0.872. The van der Waals surface area contributed by atoms with Crippen LogP contribution in [0.1, 0.15) is 39.9 Å². The number of carbonyl (C=O) groups is 1. The van der Waals surface area contributed by atoms with E-state index in [0.29, 0.717) is 18.0 Å². The van der Waals surface area contributed by atoms with Crippen LogP contribution in [-0.4, -0.2) is 16.0 Å². The minimum absolute atomic E-state index is 0.159. The van der Waals surface area contributed by atoms with E-state index in [1.54, 1.807) is 11.4 Å². The lowest BCUT2D eigenvalue weighted by atomic mass is 10.3. The van der Waals surface area contributed by atoms with Crippen molar-refractivity contribution >= 4 is 17.2 Å². The molecule has 6 nitrogen and oxygen atoms in total. The number of aryl methyl sites for hydroxylation is 1. The highest BCUT2D eigenvalue weighted by Gasteiger charge is 2.13. The summed E-state index contributed by atoms with van der Waals surface area (Å²) in [6, 6.07) is 1.61. The first-order chi connectivity index (χ1) is 8.56. The fourth-order valence-electron chi connectivity index (χ4n) is 1.36. The van der Waals surface area contributed by atoms with E-state index in [9.17, 15) is 4.79 Å². The van der Waals surface area contributed by atoms with Gasteiger partial charge in [-0.15, -0.1) is 11.3 Å². The largest absolute Gasteiger partial charge is 0.359 e. The zero-order valence-electron chi connectivity index (χ0n) is 10.1.